The van der Waals surface area contributed by atoms with E-state index in [1.807, 2.05) is 0 Å². The summed E-state index contributed by atoms with van der Waals surface area (Å²) in [5.41, 5.74) is 5.35. The Kier molecular flexibility index (Phi) is 2.05. The molecule has 1 amide bonds. The molecule has 1 rings (SSSR count). The van der Waals surface area contributed by atoms with Crippen molar-refractivity contribution in [1.82, 2.24) is 10.9 Å². The molecule has 1 heterocycles. The van der Waals surface area contributed by atoms with Gasteiger partial charge in [0.1, 0.15) is 0 Å². The fraction of sp³-hybridized carbons (Fsp3) is 0.667. The molecule has 0 aromatic heterocycles. The van der Waals surface area contributed by atoms with Gasteiger partial charge in [0, 0.05) is 6.42 Å². The van der Waals surface area contributed by atoms with Crippen LogP contribution >= 0.6 is 0 Å². The summed E-state index contributed by atoms with van der Waals surface area (Å²) in [4.78, 5) is 10.5. The van der Waals surface area contributed by atoms with E-state index in [0.29, 0.717) is 6.42 Å². The summed E-state index contributed by atoms with van der Waals surface area (Å²) in [5, 5.41) is 0. The molecule has 0 saturated carbocycles. The maximum absolute atomic E-state index is 10.5. The van der Waals surface area contributed by atoms with E-state index < -0.39 is 0 Å². The van der Waals surface area contributed by atoms with E-state index in [1.54, 1.807) is 0 Å². The van der Waals surface area contributed by atoms with Gasteiger partial charge in [-0.05, 0) is 6.42 Å². The molecular formula is C6H11N2O. The smallest absolute Gasteiger partial charge is 0.236 e. The number of hydrogen-bond donors (Lipinski definition) is 2. The molecule has 1 radical (unpaired) electrons. The minimum Gasteiger partial charge on any atom is -0.291 e. The predicted octanol–water partition coefficient (Wildman–Crippen LogP) is 0.343. The largest absolute Gasteiger partial charge is 0.291 e. The van der Waals surface area contributed by atoms with Crippen molar-refractivity contribution in [3.05, 3.63) is 6.04 Å². The maximum Gasteiger partial charge on any atom is 0.236 e. The molecule has 1 aliphatic heterocycles. The standard InChI is InChI=1S/C6H11N2O/c1-2-3-5-4-6(9)8-7-5/h7H,2-4H2,1H3,(H,8,9). The van der Waals surface area contributed by atoms with Crippen LogP contribution in [0.25, 0.3) is 0 Å². The first-order valence-electron chi connectivity index (χ1n) is 3.22. The highest BCUT2D eigenvalue weighted by molar-refractivity contribution is 5.79. The third kappa shape index (κ3) is 1.68. The average Bonchev–Trinajstić information content (AvgIpc) is 2.17. The zero-order chi connectivity index (χ0) is 6.69. The Labute approximate surface area is 54.8 Å². The number of hydrogen-bond acceptors (Lipinski definition) is 2. The van der Waals surface area contributed by atoms with Crippen LogP contribution in [0.1, 0.15) is 26.2 Å². The normalized spacial score (nSPS) is 20.3. The van der Waals surface area contributed by atoms with E-state index in [0.717, 1.165) is 18.9 Å². The average molecular weight is 127 g/mol. The molecule has 1 saturated heterocycles. The van der Waals surface area contributed by atoms with Crippen molar-refractivity contribution in [1.29, 1.82) is 0 Å². The second kappa shape index (κ2) is 2.82. The van der Waals surface area contributed by atoms with Crippen LogP contribution in [0.5, 0.6) is 0 Å². The summed E-state index contributed by atoms with van der Waals surface area (Å²) in [6.07, 6.45) is 2.66. The lowest BCUT2D eigenvalue weighted by Gasteiger charge is -2.02. The van der Waals surface area contributed by atoms with Gasteiger partial charge in [-0.3, -0.25) is 10.2 Å². The van der Waals surface area contributed by atoms with Gasteiger partial charge in [0.2, 0.25) is 5.91 Å². The Hall–Kier alpha value is -0.570. The summed E-state index contributed by atoms with van der Waals surface area (Å²) in [5.74, 6) is 0.0819. The van der Waals surface area contributed by atoms with Gasteiger partial charge >= 0.3 is 0 Å². The van der Waals surface area contributed by atoms with Crippen molar-refractivity contribution in [3.8, 4) is 0 Å². The number of carbonyl (C=O) groups excluding carboxylic acids is 1. The van der Waals surface area contributed by atoms with Gasteiger partial charge in [-0.2, -0.15) is 0 Å². The van der Waals surface area contributed by atoms with E-state index in [4.69, 9.17) is 0 Å². The van der Waals surface area contributed by atoms with Crippen molar-refractivity contribution in [2.45, 2.75) is 26.2 Å². The maximum atomic E-state index is 10.5. The molecule has 9 heavy (non-hydrogen) atoms. The van der Waals surface area contributed by atoms with Crippen LogP contribution in [0.3, 0.4) is 0 Å². The monoisotopic (exact) mass is 127 g/mol. The van der Waals surface area contributed by atoms with Crippen molar-refractivity contribution in [2.75, 3.05) is 0 Å². The van der Waals surface area contributed by atoms with Crippen molar-refractivity contribution in [2.24, 2.45) is 0 Å². The molecule has 0 spiro atoms. The van der Waals surface area contributed by atoms with E-state index in [9.17, 15) is 4.79 Å². The van der Waals surface area contributed by atoms with E-state index in [2.05, 4.69) is 17.8 Å². The summed E-state index contributed by atoms with van der Waals surface area (Å²) in [6, 6.07) is 1.11. The molecular weight excluding hydrogens is 116 g/mol. The van der Waals surface area contributed by atoms with Gasteiger partial charge < -0.3 is 0 Å². The predicted molar refractivity (Wildman–Crippen MR) is 34.0 cm³/mol. The lowest BCUT2D eigenvalue weighted by molar-refractivity contribution is -0.119. The zero-order valence-electron chi connectivity index (χ0n) is 5.53. The van der Waals surface area contributed by atoms with Crippen molar-refractivity contribution in [3.63, 3.8) is 0 Å². The lowest BCUT2D eigenvalue weighted by Crippen LogP contribution is -2.27. The summed E-state index contributed by atoms with van der Waals surface area (Å²) in [7, 11) is 0. The molecule has 0 atom stereocenters. The first-order valence-corrected chi connectivity index (χ1v) is 3.22. The van der Waals surface area contributed by atoms with Crippen LogP contribution in [0, 0.1) is 6.04 Å². The fourth-order valence-corrected chi connectivity index (χ4v) is 0.893. The Balaban J connectivity index is 2.22. The second-order valence-electron chi connectivity index (χ2n) is 2.20. The van der Waals surface area contributed by atoms with Crippen LogP contribution in [-0.4, -0.2) is 5.91 Å². The molecule has 0 aliphatic carbocycles. The van der Waals surface area contributed by atoms with E-state index in [1.165, 1.54) is 0 Å². The van der Waals surface area contributed by atoms with Crippen LogP contribution in [0.15, 0.2) is 0 Å². The number of nitrogens with one attached hydrogen (secondary N) is 2. The highest BCUT2D eigenvalue weighted by Gasteiger charge is 2.19. The molecule has 51 valence electrons. The molecule has 0 aromatic rings. The van der Waals surface area contributed by atoms with Crippen LogP contribution in [0.4, 0.5) is 0 Å². The Morgan fingerprint density at radius 1 is 1.56 bits per heavy atom. The van der Waals surface area contributed by atoms with Crippen LogP contribution < -0.4 is 10.9 Å². The number of carbonyl (C=O) groups is 1. The minimum absolute atomic E-state index is 0.0819. The number of hydrazine groups is 1. The quantitative estimate of drug-likeness (QED) is 0.561. The summed E-state index contributed by atoms with van der Waals surface area (Å²) < 4.78 is 0. The summed E-state index contributed by atoms with van der Waals surface area (Å²) in [6.45, 7) is 2.09. The number of rotatable bonds is 2. The van der Waals surface area contributed by atoms with Crippen molar-refractivity contribution >= 4 is 5.91 Å². The minimum atomic E-state index is 0.0819. The van der Waals surface area contributed by atoms with E-state index in [-0.39, 0.29) is 5.91 Å². The molecule has 1 aliphatic rings. The molecule has 3 nitrogen and oxygen atoms in total. The van der Waals surface area contributed by atoms with Gasteiger partial charge in [-0.15, -0.1) is 0 Å². The SMILES string of the molecule is CCC[C]1CC(=O)NN1. The van der Waals surface area contributed by atoms with Crippen LogP contribution in [-0.2, 0) is 4.79 Å². The first kappa shape index (κ1) is 6.55. The Morgan fingerprint density at radius 2 is 2.33 bits per heavy atom. The lowest BCUT2D eigenvalue weighted by atomic mass is 10.1. The van der Waals surface area contributed by atoms with Gasteiger partial charge in [0.05, 0.1) is 6.04 Å². The molecule has 1 fully saturated rings. The number of amides is 1. The topological polar surface area (TPSA) is 41.1 Å². The summed E-state index contributed by atoms with van der Waals surface area (Å²) >= 11 is 0. The second-order valence-corrected chi connectivity index (χ2v) is 2.20. The fourth-order valence-electron chi connectivity index (χ4n) is 0.893. The molecule has 0 aromatic carbocycles. The van der Waals surface area contributed by atoms with Gasteiger partial charge in [-0.25, -0.2) is 5.43 Å². The Bertz CT molecular complexity index is 114. The third-order valence-electron chi connectivity index (χ3n) is 1.30. The molecule has 3 heteroatoms. The zero-order valence-corrected chi connectivity index (χ0v) is 5.53. The molecule has 0 bridgehead atoms. The first-order chi connectivity index (χ1) is 4.33. The highest BCUT2D eigenvalue weighted by atomic mass is 16.2. The van der Waals surface area contributed by atoms with Gasteiger partial charge in [0.15, 0.2) is 0 Å². The van der Waals surface area contributed by atoms with Crippen LogP contribution in [0.2, 0.25) is 0 Å². The molecule has 2 N–H and O–H groups in total. The Morgan fingerprint density at radius 3 is 2.78 bits per heavy atom. The van der Waals surface area contributed by atoms with E-state index >= 15 is 0 Å². The van der Waals surface area contributed by atoms with Gasteiger partial charge in [-0.1, -0.05) is 13.3 Å². The molecule has 0 unspecified atom stereocenters. The van der Waals surface area contributed by atoms with Gasteiger partial charge in [0.25, 0.3) is 0 Å². The third-order valence-corrected chi connectivity index (χ3v) is 1.30. The van der Waals surface area contributed by atoms with Crippen molar-refractivity contribution < 1.29 is 4.79 Å². The highest BCUT2D eigenvalue weighted by Crippen LogP contribution is 2.12.